The fraction of sp³-hybridized carbons (Fsp3) is 0.488. The number of rotatable bonds is 12. The molecule has 1 unspecified atom stereocenters. The van der Waals surface area contributed by atoms with E-state index >= 15 is 0 Å². The van der Waals surface area contributed by atoms with Crippen molar-refractivity contribution in [3.8, 4) is 0 Å². The van der Waals surface area contributed by atoms with Crippen LogP contribution in [-0.2, 0) is 46.4 Å². The molecule has 8 N–H and O–H groups in total. The maximum atomic E-state index is 14.5. The Hall–Kier alpha value is -5.38. The van der Waals surface area contributed by atoms with E-state index in [4.69, 9.17) is 5.73 Å². The van der Waals surface area contributed by atoms with Crippen LogP contribution in [0.15, 0.2) is 60.8 Å². The van der Waals surface area contributed by atoms with Crippen LogP contribution in [0.5, 0.6) is 0 Å². The van der Waals surface area contributed by atoms with Crippen molar-refractivity contribution in [3.63, 3.8) is 0 Å². The van der Waals surface area contributed by atoms with Crippen LogP contribution in [0.3, 0.4) is 0 Å². The SMILES string of the molecule is CSCC[C@H]1NC(=O)[C@H](CC(C)C)NC(=O)C2CCCN2C(=O)[C@H](Cc2ccccc2)NC(=O)[C@@H](Cc2c[nH]c3ccccc23)NC(=O)[C@H](CCC(N)=O)NC1=O. The molecule has 6 atom stereocenters. The van der Waals surface area contributed by atoms with Crippen molar-refractivity contribution in [1.29, 1.82) is 0 Å². The molecule has 2 fully saturated rings. The largest absolute Gasteiger partial charge is 0.370 e. The number of primary amides is 1. The van der Waals surface area contributed by atoms with Gasteiger partial charge in [-0.3, -0.25) is 33.6 Å². The van der Waals surface area contributed by atoms with Gasteiger partial charge in [0, 0.05) is 42.9 Å². The number of hydrogen-bond acceptors (Lipinski definition) is 8. The maximum absolute atomic E-state index is 14.5. The molecule has 15 nitrogen and oxygen atoms in total. The Bertz CT molecular complexity index is 1920. The van der Waals surface area contributed by atoms with Crippen LogP contribution in [0.1, 0.15) is 63.5 Å². The smallest absolute Gasteiger partial charge is 0.246 e. The van der Waals surface area contributed by atoms with Crippen molar-refractivity contribution in [1.82, 2.24) is 36.5 Å². The molecule has 7 amide bonds. The number of carbonyl (C=O) groups is 7. The second-order valence-electron chi connectivity index (χ2n) is 15.2. The summed E-state index contributed by atoms with van der Waals surface area (Å²) < 4.78 is 0. The van der Waals surface area contributed by atoms with E-state index in [9.17, 15) is 33.6 Å². The molecule has 2 aromatic carbocycles. The van der Waals surface area contributed by atoms with Crippen molar-refractivity contribution in [2.45, 2.75) is 101 Å². The molecule has 0 radical (unpaired) electrons. The third-order valence-electron chi connectivity index (χ3n) is 10.4. The van der Waals surface area contributed by atoms with E-state index in [1.165, 1.54) is 16.7 Å². The molecule has 1 aromatic heterocycles. The molecule has 16 heteroatoms. The van der Waals surface area contributed by atoms with E-state index in [0.29, 0.717) is 24.2 Å². The zero-order valence-corrected chi connectivity index (χ0v) is 33.5. The van der Waals surface area contributed by atoms with Crippen LogP contribution in [0.25, 0.3) is 10.9 Å². The Morgan fingerprint density at radius 2 is 1.35 bits per heavy atom. The number of nitrogens with one attached hydrogen (secondary N) is 6. The summed E-state index contributed by atoms with van der Waals surface area (Å²) in [5.41, 5.74) is 7.76. The van der Waals surface area contributed by atoms with Crippen LogP contribution >= 0.6 is 11.8 Å². The average Bonchev–Trinajstić information content (AvgIpc) is 3.84. The van der Waals surface area contributed by atoms with Crippen LogP contribution in [0.2, 0.25) is 0 Å². The van der Waals surface area contributed by atoms with Gasteiger partial charge in [-0.05, 0) is 67.2 Å². The van der Waals surface area contributed by atoms with E-state index in [0.717, 1.165) is 16.5 Å². The number of nitrogens with two attached hydrogens (primary N) is 1. The molecular weight excluding hydrogens is 749 g/mol. The lowest BCUT2D eigenvalue weighted by molar-refractivity contribution is -0.143. The predicted octanol–water partition coefficient (Wildman–Crippen LogP) is 1.45. The molecule has 2 aliphatic rings. The van der Waals surface area contributed by atoms with Crippen LogP contribution < -0.4 is 32.3 Å². The molecule has 3 heterocycles. The number of carbonyl (C=O) groups excluding carboxylic acids is 7. The average molecular weight is 803 g/mol. The van der Waals surface area contributed by atoms with Gasteiger partial charge in [0.2, 0.25) is 41.4 Å². The minimum absolute atomic E-state index is 0.00269. The van der Waals surface area contributed by atoms with E-state index < -0.39 is 77.6 Å². The summed E-state index contributed by atoms with van der Waals surface area (Å²) in [6, 6.07) is 9.87. The molecule has 57 heavy (non-hydrogen) atoms. The van der Waals surface area contributed by atoms with Gasteiger partial charge in [-0.25, -0.2) is 0 Å². The Morgan fingerprint density at radius 3 is 2.04 bits per heavy atom. The highest BCUT2D eigenvalue weighted by Crippen LogP contribution is 2.23. The van der Waals surface area contributed by atoms with Gasteiger partial charge in [-0.1, -0.05) is 62.4 Å². The van der Waals surface area contributed by atoms with E-state index in [1.807, 2.05) is 74.7 Å². The van der Waals surface area contributed by atoms with Gasteiger partial charge in [0.05, 0.1) is 0 Å². The Kier molecular flexibility index (Phi) is 15.1. The predicted molar refractivity (Wildman–Crippen MR) is 217 cm³/mol. The molecule has 2 aliphatic heterocycles. The standard InChI is InChI=1S/C41H54N8O7S/c1-24(2)20-31-38(53)45-30(17-19-57-3)37(52)44-29(15-16-35(42)50)36(51)46-32(22-26-23-43-28-13-8-7-12-27(26)28)39(54)48-33(21-25-10-5-4-6-11-25)41(56)49-18-9-14-34(49)40(55)47-31/h4-8,10-13,23-24,29-34,43H,9,14-22H2,1-3H3,(H2,42,50)(H,44,52)(H,45,53)(H,46,51)(H,47,55)(H,48,54)/t29-,30+,31-,32+,33-,34?/m0/s1. The topological polar surface area (TPSA) is 225 Å². The normalized spacial score (nSPS) is 24.2. The first-order valence-corrected chi connectivity index (χ1v) is 20.9. The Balaban J connectivity index is 1.57. The van der Waals surface area contributed by atoms with Gasteiger partial charge < -0.3 is 42.2 Å². The van der Waals surface area contributed by atoms with Gasteiger partial charge in [-0.15, -0.1) is 0 Å². The van der Waals surface area contributed by atoms with Crippen molar-refractivity contribution >= 4 is 64.0 Å². The van der Waals surface area contributed by atoms with Crippen LogP contribution in [0.4, 0.5) is 0 Å². The monoisotopic (exact) mass is 802 g/mol. The number of H-pyrrole nitrogens is 1. The van der Waals surface area contributed by atoms with Gasteiger partial charge in [0.1, 0.15) is 36.3 Å². The van der Waals surface area contributed by atoms with Gasteiger partial charge >= 0.3 is 0 Å². The summed E-state index contributed by atoms with van der Waals surface area (Å²) in [6.45, 7) is 4.06. The minimum Gasteiger partial charge on any atom is -0.370 e. The van der Waals surface area contributed by atoms with Crippen molar-refractivity contribution < 1.29 is 33.6 Å². The third kappa shape index (κ3) is 11.6. The van der Waals surface area contributed by atoms with Crippen molar-refractivity contribution in [2.75, 3.05) is 18.6 Å². The van der Waals surface area contributed by atoms with Gasteiger partial charge in [0.25, 0.3) is 0 Å². The number of fused-ring (bicyclic) bond motifs is 2. The number of nitrogens with zero attached hydrogens (tertiary/aromatic N) is 1. The quantitative estimate of drug-likeness (QED) is 0.142. The zero-order valence-electron chi connectivity index (χ0n) is 32.7. The molecule has 5 rings (SSSR count). The van der Waals surface area contributed by atoms with Crippen molar-refractivity contribution in [2.24, 2.45) is 11.7 Å². The number of benzene rings is 2. The number of para-hydroxylation sites is 1. The van der Waals surface area contributed by atoms with Crippen molar-refractivity contribution in [3.05, 3.63) is 71.9 Å². The number of thioether (sulfide) groups is 1. The summed E-state index contributed by atoms with van der Waals surface area (Å²) in [4.78, 5) is 102. The Labute approximate surface area is 336 Å². The summed E-state index contributed by atoms with van der Waals surface area (Å²) >= 11 is 1.46. The summed E-state index contributed by atoms with van der Waals surface area (Å²) in [5.74, 6) is -3.90. The van der Waals surface area contributed by atoms with Crippen LogP contribution in [-0.4, -0.2) is 106 Å². The lowest BCUT2D eigenvalue weighted by Crippen LogP contribution is -2.62. The second-order valence-corrected chi connectivity index (χ2v) is 16.2. The van der Waals surface area contributed by atoms with Gasteiger partial charge in [-0.2, -0.15) is 11.8 Å². The lowest BCUT2D eigenvalue weighted by atomic mass is 10.00. The lowest BCUT2D eigenvalue weighted by Gasteiger charge is -2.32. The van der Waals surface area contributed by atoms with E-state index in [-0.39, 0.29) is 51.0 Å². The molecule has 0 bridgehead atoms. The van der Waals surface area contributed by atoms with E-state index in [2.05, 4.69) is 31.6 Å². The fourth-order valence-electron chi connectivity index (χ4n) is 7.40. The number of amides is 7. The number of aromatic nitrogens is 1. The summed E-state index contributed by atoms with van der Waals surface area (Å²) in [7, 11) is 0. The maximum Gasteiger partial charge on any atom is 0.246 e. The second kappa shape index (κ2) is 20.2. The Morgan fingerprint density at radius 1 is 0.754 bits per heavy atom. The highest BCUT2D eigenvalue weighted by Gasteiger charge is 2.40. The van der Waals surface area contributed by atoms with Gasteiger partial charge in [0.15, 0.2) is 0 Å². The van der Waals surface area contributed by atoms with E-state index in [1.54, 1.807) is 6.20 Å². The molecule has 0 spiro atoms. The first kappa shape index (κ1) is 42.8. The minimum atomic E-state index is -1.32. The molecule has 0 saturated carbocycles. The highest BCUT2D eigenvalue weighted by atomic mass is 32.2. The molecule has 3 aromatic rings. The van der Waals surface area contributed by atoms with Crippen LogP contribution in [0, 0.1) is 5.92 Å². The summed E-state index contributed by atoms with van der Waals surface area (Å²) in [6.07, 6.45) is 4.58. The highest BCUT2D eigenvalue weighted by molar-refractivity contribution is 7.98. The number of aromatic amines is 1. The summed E-state index contributed by atoms with van der Waals surface area (Å²) in [5, 5.41) is 14.9. The fourth-order valence-corrected chi connectivity index (χ4v) is 7.87. The third-order valence-corrected chi connectivity index (χ3v) is 11.0. The molecular formula is C41H54N8O7S. The molecule has 306 valence electrons. The first-order valence-electron chi connectivity index (χ1n) is 19.5. The zero-order chi connectivity index (χ0) is 41.1. The molecule has 2 saturated heterocycles. The molecule has 0 aliphatic carbocycles. The first-order chi connectivity index (χ1) is 27.3. The number of hydrogen-bond donors (Lipinski definition) is 7.